The fraction of sp³-hybridized carbons (Fsp3) is 0.417. The lowest BCUT2D eigenvalue weighted by molar-refractivity contribution is -0.143. The number of aromatic nitrogens is 1. The Kier molecular flexibility index (Phi) is 3.96. The standard InChI is InChI=1S/C12H13BrN2O3/c13-10-4-9(5-14-6-10)11(16)15-3-1-2-8(7-15)12(17)18/h4-6,8H,1-3,7H2,(H,17,18)/t8-/m0/s1. The maximum atomic E-state index is 12.2. The van der Waals surface area contributed by atoms with Crippen molar-refractivity contribution in [2.75, 3.05) is 13.1 Å². The maximum Gasteiger partial charge on any atom is 0.308 e. The number of carboxylic acid groups (broad SMARTS) is 1. The van der Waals surface area contributed by atoms with Crippen molar-refractivity contribution in [2.45, 2.75) is 12.8 Å². The molecule has 0 unspecified atom stereocenters. The van der Waals surface area contributed by atoms with Gasteiger partial charge in [-0.1, -0.05) is 0 Å². The van der Waals surface area contributed by atoms with E-state index in [1.54, 1.807) is 17.2 Å². The van der Waals surface area contributed by atoms with Gasteiger partial charge in [0, 0.05) is 30.0 Å². The first-order chi connectivity index (χ1) is 8.58. The van der Waals surface area contributed by atoms with Gasteiger partial charge in [-0.3, -0.25) is 14.6 Å². The highest BCUT2D eigenvalue weighted by Gasteiger charge is 2.28. The van der Waals surface area contributed by atoms with Crippen LogP contribution in [0.3, 0.4) is 0 Å². The lowest BCUT2D eigenvalue weighted by Gasteiger charge is -2.30. The molecule has 0 aliphatic carbocycles. The Morgan fingerprint density at radius 2 is 2.22 bits per heavy atom. The fourth-order valence-corrected chi connectivity index (χ4v) is 2.44. The predicted octanol–water partition coefficient (Wildman–Crippen LogP) is 1.78. The van der Waals surface area contributed by atoms with Gasteiger partial charge in [-0.15, -0.1) is 0 Å². The summed E-state index contributed by atoms with van der Waals surface area (Å²) in [6.45, 7) is 0.885. The zero-order valence-electron chi connectivity index (χ0n) is 9.67. The van der Waals surface area contributed by atoms with E-state index in [1.807, 2.05) is 0 Å². The molecule has 5 nitrogen and oxygen atoms in total. The summed E-state index contributed by atoms with van der Waals surface area (Å²) in [6, 6.07) is 1.69. The van der Waals surface area contributed by atoms with Gasteiger partial charge in [-0.2, -0.15) is 0 Å². The van der Waals surface area contributed by atoms with Crippen LogP contribution in [-0.2, 0) is 4.79 Å². The highest BCUT2D eigenvalue weighted by atomic mass is 79.9. The van der Waals surface area contributed by atoms with Crippen LogP contribution >= 0.6 is 15.9 Å². The number of hydrogen-bond acceptors (Lipinski definition) is 3. The molecule has 18 heavy (non-hydrogen) atoms. The minimum absolute atomic E-state index is 0.158. The third-order valence-corrected chi connectivity index (χ3v) is 3.44. The molecule has 1 fully saturated rings. The third-order valence-electron chi connectivity index (χ3n) is 3.01. The molecule has 1 N–H and O–H groups in total. The lowest BCUT2D eigenvalue weighted by Crippen LogP contribution is -2.42. The smallest absolute Gasteiger partial charge is 0.308 e. The summed E-state index contributed by atoms with van der Waals surface area (Å²) in [5, 5.41) is 8.99. The highest BCUT2D eigenvalue weighted by molar-refractivity contribution is 9.10. The van der Waals surface area contributed by atoms with Crippen molar-refractivity contribution in [3.63, 3.8) is 0 Å². The van der Waals surface area contributed by atoms with E-state index in [-0.39, 0.29) is 12.5 Å². The van der Waals surface area contributed by atoms with Gasteiger partial charge in [-0.25, -0.2) is 0 Å². The molecule has 0 spiro atoms. The number of pyridine rings is 1. The molecule has 1 aliphatic rings. The second kappa shape index (κ2) is 5.48. The third kappa shape index (κ3) is 2.87. The summed E-state index contributed by atoms with van der Waals surface area (Å²) < 4.78 is 0.736. The van der Waals surface area contributed by atoms with Gasteiger partial charge in [-0.05, 0) is 34.8 Å². The first-order valence-corrected chi connectivity index (χ1v) is 6.50. The van der Waals surface area contributed by atoms with Gasteiger partial charge in [0.05, 0.1) is 11.5 Å². The van der Waals surface area contributed by atoms with E-state index in [2.05, 4.69) is 20.9 Å². The van der Waals surface area contributed by atoms with E-state index in [0.717, 1.165) is 10.9 Å². The maximum absolute atomic E-state index is 12.2. The highest BCUT2D eigenvalue weighted by Crippen LogP contribution is 2.19. The second-order valence-corrected chi connectivity index (χ2v) is 5.24. The molecule has 1 amide bonds. The van der Waals surface area contributed by atoms with E-state index in [1.165, 1.54) is 6.20 Å². The van der Waals surface area contributed by atoms with Crippen LogP contribution in [0.15, 0.2) is 22.9 Å². The molecule has 0 radical (unpaired) electrons. The largest absolute Gasteiger partial charge is 0.481 e. The second-order valence-electron chi connectivity index (χ2n) is 4.32. The van der Waals surface area contributed by atoms with Crippen molar-refractivity contribution in [3.8, 4) is 0 Å². The molecule has 0 saturated carbocycles. The van der Waals surface area contributed by atoms with Crippen LogP contribution in [0.4, 0.5) is 0 Å². The first-order valence-electron chi connectivity index (χ1n) is 5.70. The lowest BCUT2D eigenvalue weighted by atomic mass is 9.98. The van der Waals surface area contributed by atoms with Crippen LogP contribution < -0.4 is 0 Å². The molecular formula is C12H13BrN2O3. The first kappa shape index (κ1) is 13.0. The van der Waals surface area contributed by atoms with Crippen molar-refractivity contribution in [2.24, 2.45) is 5.92 Å². The fourth-order valence-electron chi connectivity index (χ4n) is 2.07. The molecule has 2 heterocycles. The number of likely N-dealkylation sites (tertiary alicyclic amines) is 1. The van der Waals surface area contributed by atoms with Gasteiger partial charge < -0.3 is 10.0 Å². The Morgan fingerprint density at radius 1 is 1.44 bits per heavy atom. The van der Waals surface area contributed by atoms with E-state index in [9.17, 15) is 9.59 Å². The van der Waals surface area contributed by atoms with Crippen LogP contribution in [0.25, 0.3) is 0 Å². The van der Waals surface area contributed by atoms with Gasteiger partial charge in [0.15, 0.2) is 0 Å². The number of rotatable bonds is 2. The zero-order chi connectivity index (χ0) is 13.1. The van der Waals surface area contributed by atoms with E-state index in [0.29, 0.717) is 18.5 Å². The summed E-state index contributed by atoms with van der Waals surface area (Å²) in [7, 11) is 0. The predicted molar refractivity (Wildman–Crippen MR) is 68.2 cm³/mol. The monoisotopic (exact) mass is 312 g/mol. The number of carboxylic acids is 1. The van der Waals surface area contributed by atoms with Crippen LogP contribution in [0.5, 0.6) is 0 Å². The molecule has 0 bridgehead atoms. The number of aliphatic carboxylic acids is 1. The molecule has 1 saturated heterocycles. The Labute approximate surface area is 113 Å². The van der Waals surface area contributed by atoms with Crippen LogP contribution in [0, 0.1) is 5.92 Å². The SMILES string of the molecule is O=C(O)[C@H]1CCCN(C(=O)c2cncc(Br)c2)C1. The normalized spacial score (nSPS) is 19.6. The summed E-state index contributed by atoms with van der Waals surface area (Å²) in [5.74, 6) is -1.45. The number of carbonyl (C=O) groups is 2. The molecule has 2 rings (SSSR count). The average Bonchev–Trinajstić information content (AvgIpc) is 2.38. The Hall–Kier alpha value is -1.43. The van der Waals surface area contributed by atoms with E-state index < -0.39 is 11.9 Å². The number of piperidine rings is 1. The summed E-state index contributed by atoms with van der Waals surface area (Å²) >= 11 is 3.26. The quantitative estimate of drug-likeness (QED) is 0.903. The number of halogens is 1. The van der Waals surface area contributed by atoms with Gasteiger partial charge in [0.1, 0.15) is 0 Å². The molecule has 1 aromatic rings. The molecule has 0 aromatic carbocycles. The minimum Gasteiger partial charge on any atom is -0.481 e. The van der Waals surface area contributed by atoms with Crippen LogP contribution in [-0.4, -0.2) is 40.0 Å². The van der Waals surface area contributed by atoms with Gasteiger partial charge >= 0.3 is 5.97 Å². The van der Waals surface area contributed by atoms with E-state index >= 15 is 0 Å². The van der Waals surface area contributed by atoms with Gasteiger partial charge in [0.25, 0.3) is 5.91 Å². The number of carbonyl (C=O) groups excluding carboxylic acids is 1. The molecule has 6 heteroatoms. The van der Waals surface area contributed by atoms with Crippen molar-refractivity contribution < 1.29 is 14.7 Å². The van der Waals surface area contributed by atoms with E-state index in [4.69, 9.17) is 5.11 Å². The number of amides is 1. The molecule has 96 valence electrons. The molecule has 1 atom stereocenters. The van der Waals surface area contributed by atoms with Crippen LogP contribution in [0.1, 0.15) is 23.2 Å². The summed E-state index contributed by atoms with van der Waals surface area (Å²) in [5.41, 5.74) is 0.482. The Morgan fingerprint density at radius 3 is 2.89 bits per heavy atom. The zero-order valence-corrected chi connectivity index (χ0v) is 11.3. The van der Waals surface area contributed by atoms with Crippen molar-refractivity contribution in [3.05, 3.63) is 28.5 Å². The van der Waals surface area contributed by atoms with Crippen molar-refractivity contribution in [1.82, 2.24) is 9.88 Å². The Bertz CT molecular complexity index is 478. The Balaban J connectivity index is 2.11. The summed E-state index contributed by atoms with van der Waals surface area (Å²) in [6.07, 6.45) is 4.46. The van der Waals surface area contributed by atoms with Crippen LogP contribution in [0.2, 0.25) is 0 Å². The van der Waals surface area contributed by atoms with Crippen molar-refractivity contribution >= 4 is 27.8 Å². The molecular weight excluding hydrogens is 300 g/mol. The summed E-state index contributed by atoms with van der Waals surface area (Å²) in [4.78, 5) is 28.7. The topological polar surface area (TPSA) is 70.5 Å². The molecule has 1 aromatic heterocycles. The van der Waals surface area contributed by atoms with Crippen molar-refractivity contribution in [1.29, 1.82) is 0 Å². The average molecular weight is 313 g/mol. The molecule has 1 aliphatic heterocycles. The number of hydrogen-bond donors (Lipinski definition) is 1. The number of nitrogens with zero attached hydrogens (tertiary/aromatic N) is 2. The minimum atomic E-state index is -0.833. The van der Waals surface area contributed by atoms with Gasteiger partial charge in [0.2, 0.25) is 0 Å².